The van der Waals surface area contributed by atoms with Crippen LogP contribution in [0.3, 0.4) is 0 Å². The maximum Gasteiger partial charge on any atom is 0.275 e. The molecule has 7 heteroatoms. The van der Waals surface area contributed by atoms with Crippen molar-refractivity contribution < 1.29 is 4.79 Å². The summed E-state index contributed by atoms with van der Waals surface area (Å²) in [6.07, 6.45) is 4.41. The van der Waals surface area contributed by atoms with Crippen molar-refractivity contribution in [3.63, 3.8) is 0 Å². The molecule has 0 radical (unpaired) electrons. The monoisotopic (exact) mass is 390 g/mol. The van der Waals surface area contributed by atoms with Crippen molar-refractivity contribution in [3.05, 3.63) is 50.5 Å². The molecule has 0 aliphatic carbocycles. The van der Waals surface area contributed by atoms with Crippen LogP contribution in [-0.4, -0.2) is 31.9 Å². The highest BCUT2D eigenvalue weighted by molar-refractivity contribution is 9.10. The fraction of sp³-hybridized carbons (Fsp3) is 0.312. The van der Waals surface area contributed by atoms with Crippen molar-refractivity contribution in [2.75, 3.05) is 6.54 Å². The molecule has 1 amide bonds. The molecule has 118 valence electrons. The van der Waals surface area contributed by atoms with Crippen LogP contribution in [-0.2, 0) is 12.0 Å². The highest BCUT2D eigenvalue weighted by Crippen LogP contribution is 2.38. The topological polar surface area (TPSA) is 50.5 Å². The smallest absolute Gasteiger partial charge is 0.275 e. The Labute approximate surface area is 146 Å². The second-order valence-electron chi connectivity index (χ2n) is 6.13. The third-order valence-corrected chi connectivity index (χ3v) is 5.78. The number of hydrogen-bond donors (Lipinski definition) is 0. The van der Waals surface area contributed by atoms with Gasteiger partial charge in [0.15, 0.2) is 11.3 Å². The normalized spacial score (nSPS) is 16.6. The first-order chi connectivity index (χ1) is 11.0. The number of fused-ring (bicyclic) bond motifs is 2. The van der Waals surface area contributed by atoms with Gasteiger partial charge in [-0.05, 0) is 53.2 Å². The number of amides is 1. The first-order valence-corrected chi connectivity index (χ1v) is 9.04. The van der Waals surface area contributed by atoms with Gasteiger partial charge in [0.1, 0.15) is 0 Å². The van der Waals surface area contributed by atoms with Crippen molar-refractivity contribution in [1.82, 2.24) is 19.5 Å². The van der Waals surface area contributed by atoms with Gasteiger partial charge in [0.25, 0.3) is 5.91 Å². The van der Waals surface area contributed by atoms with Gasteiger partial charge >= 0.3 is 0 Å². The van der Waals surface area contributed by atoms with E-state index in [0.717, 1.165) is 10.9 Å². The van der Waals surface area contributed by atoms with Gasteiger partial charge in [-0.2, -0.15) is 5.10 Å². The molecule has 3 aromatic rings. The zero-order chi connectivity index (χ0) is 16.2. The van der Waals surface area contributed by atoms with Crippen molar-refractivity contribution in [2.24, 2.45) is 0 Å². The molecule has 5 nitrogen and oxygen atoms in total. The summed E-state index contributed by atoms with van der Waals surface area (Å²) in [6.45, 7) is 4.91. The minimum absolute atomic E-state index is 0.0477. The van der Waals surface area contributed by atoms with Crippen molar-refractivity contribution in [2.45, 2.75) is 25.8 Å². The molecule has 23 heavy (non-hydrogen) atoms. The fourth-order valence-electron chi connectivity index (χ4n) is 3.17. The van der Waals surface area contributed by atoms with Crippen LogP contribution in [0.15, 0.2) is 34.4 Å². The van der Waals surface area contributed by atoms with Crippen LogP contribution in [0.4, 0.5) is 0 Å². The van der Waals surface area contributed by atoms with Crippen LogP contribution in [0, 0.1) is 0 Å². The van der Waals surface area contributed by atoms with Gasteiger partial charge in [0, 0.05) is 29.9 Å². The molecule has 3 aromatic heterocycles. The van der Waals surface area contributed by atoms with Gasteiger partial charge < -0.3 is 4.90 Å². The Hall–Kier alpha value is -1.73. The van der Waals surface area contributed by atoms with Crippen LogP contribution in [0.5, 0.6) is 0 Å². The Morgan fingerprint density at radius 3 is 3.09 bits per heavy atom. The van der Waals surface area contributed by atoms with E-state index in [-0.39, 0.29) is 11.4 Å². The van der Waals surface area contributed by atoms with Gasteiger partial charge in [0.2, 0.25) is 0 Å². The van der Waals surface area contributed by atoms with Crippen molar-refractivity contribution in [1.29, 1.82) is 0 Å². The molecule has 0 bridgehead atoms. The molecule has 0 aromatic carbocycles. The Kier molecular flexibility index (Phi) is 3.32. The Balaban J connectivity index is 1.73. The number of thiophene rings is 1. The molecule has 0 spiro atoms. The van der Waals surface area contributed by atoms with E-state index in [1.54, 1.807) is 34.3 Å². The van der Waals surface area contributed by atoms with E-state index in [1.165, 1.54) is 10.4 Å². The summed E-state index contributed by atoms with van der Waals surface area (Å²) in [4.78, 5) is 20.6. The average molecular weight is 391 g/mol. The van der Waals surface area contributed by atoms with E-state index in [9.17, 15) is 4.79 Å². The first-order valence-electron chi connectivity index (χ1n) is 7.36. The predicted octanol–water partition coefficient (Wildman–Crippen LogP) is 3.49. The van der Waals surface area contributed by atoms with Crippen LogP contribution in [0.2, 0.25) is 0 Å². The molecule has 0 saturated heterocycles. The van der Waals surface area contributed by atoms with Crippen LogP contribution in [0.1, 0.15) is 34.8 Å². The summed E-state index contributed by atoms with van der Waals surface area (Å²) in [6, 6.07) is 3.87. The minimum atomic E-state index is -0.325. The molecule has 0 saturated carbocycles. The second-order valence-corrected chi connectivity index (χ2v) is 8.04. The average Bonchev–Trinajstić information content (AvgIpc) is 3.12. The van der Waals surface area contributed by atoms with E-state index in [0.29, 0.717) is 17.9 Å². The standard InChI is InChI=1S/C16H15BrN4OS/c1-16(2)11-4-6-23-13(11)3-5-20(16)15(22)12-7-14-18-8-10(17)9-21(14)19-12/h4,6-9H,3,5H2,1-2H3. The summed E-state index contributed by atoms with van der Waals surface area (Å²) in [5.74, 6) is -0.0477. The largest absolute Gasteiger partial charge is 0.328 e. The van der Waals surface area contributed by atoms with Gasteiger partial charge in [-0.15, -0.1) is 11.3 Å². The molecule has 1 aliphatic rings. The van der Waals surface area contributed by atoms with Crippen molar-refractivity contribution in [3.8, 4) is 0 Å². The molecular weight excluding hydrogens is 376 g/mol. The highest BCUT2D eigenvalue weighted by atomic mass is 79.9. The van der Waals surface area contributed by atoms with E-state index >= 15 is 0 Å². The predicted molar refractivity (Wildman–Crippen MR) is 92.8 cm³/mol. The Morgan fingerprint density at radius 1 is 1.43 bits per heavy atom. The Bertz CT molecular complexity index is 914. The van der Waals surface area contributed by atoms with Gasteiger partial charge in [-0.1, -0.05) is 0 Å². The molecular formula is C16H15BrN4OS. The third kappa shape index (κ3) is 2.30. The number of hydrogen-bond acceptors (Lipinski definition) is 4. The lowest BCUT2D eigenvalue weighted by Crippen LogP contribution is -2.49. The van der Waals surface area contributed by atoms with Crippen molar-refractivity contribution >= 4 is 38.8 Å². The lowest BCUT2D eigenvalue weighted by molar-refractivity contribution is 0.0510. The highest BCUT2D eigenvalue weighted by Gasteiger charge is 2.39. The minimum Gasteiger partial charge on any atom is -0.328 e. The zero-order valence-electron chi connectivity index (χ0n) is 12.8. The molecule has 4 rings (SSSR count). The van der Waals surface area contributed by atoms with E-state index in [2.05, 4.69) is 51.3 Å². The summed E-state index contributed by atoms with van der Waals surface area (Å²) >= 11 is 5.14. The maximum absolute atomic E-state index is 13.0. The quantitative estimate of drug-likeness (QED) is 0.638. The summed E-state index contributed by atoms with van der Waals surface area (Å²) < 4.78 is 2.46. The third-order valence-electron chi connectivity index (χ3n) is 4.39. The number of halogens is 1. The van der Waals surface area contributed by atoms with Crippen LogP contribution >= 0.6 is 27.3 Å². The SMILES string of the molecule is CC1(C)c2ccsc2CCN1C(=O)c1cc2ncc(Br)cn2n1. The zero-order valence-corrected chi connectivity index (χ0v) is 15.2. The van der Waals surface area contributed by atoms with Gasteiger partial charge in [0.05, 0.1) is 10.0 Å². The summed E-state index contributed by atoms with van der Waals surface area (Å²) in [5.41, 5.74) is 2.02. The molecule has 1 aliphatic heterocycles. The van der Waals surface area contributed by atoms with Crippen LogP contribution in [0.25, 0.3) is 5.65 Å². The molecule has 4 heterocycles. The summed E-state index contributed by atoms with van der Waals surface area (Å²) in [7, 11) is 0. The van der Waals surface area contributed by atoms with E-state index in [4.69, 9.17) is 0 Å². The van der Waals surface area contributed by atoms with Crippen LogP contribution < -0.4 is 0 Å². The number of carbonyl (C=O) groups is 1. The fourth-order valence-corrected chi connectivity index (χ4v) is 4.49. The molecule has 0 fully saturated rings. The summed E-state index contributed by atoms with van der Waals surface area (Å²) in [5, 5.41) is 6.50. The Morgan fingerprint density at radius 2 is 2.26 bits per heavy atom. The van der Waals surface area contributed by atoms with E-state index in [1.807, 2.05) is 4.90 Å². The first kappa shape index (κ1) is 14.8. The van der Waals surface area contributed by atoms with Gasteiger partial charge in [-0.3, -0.25) is 4.79 Å². The number of carbonyl (C=O) groups excluding carboxylic acids is 1. The number of aromatic nitrogens is 3. The van der Waals surface area contributed by atoms with E-state index < -0.39 is 0 Å². The second kappa shape index (κ2) is 5.14. The molecule has 0 unspecified atom stereocenters. The molecule has 0 atom stereocenters. The van der Waals surface area contributed by atoms with Gasteiger partial charge in [-0.25, -0.2) is 9.50 Å². The lowest BCUT2D eigenvalue weighted by atomic mass is 9.88. The number of rotatable bonds is 1. The number of nitrogens with zero attached hydrogens (tertiary/aromatic N) is 4. The molecule has 0 N–H and O–H groups in total. The lowest BCUT2D eigenvalue weighted by Gasteiger charge is -2.42. The maximum atomic E-state index is 13.0.